The van der Waals surface area contributed by atoms with Gasteiger partial charge in [0.1, 0.15) is 5.82 Å². The van der Waals surface area contributed by atoms with Crippen molar-refractivity contribution in [1.29, 1.82) is 0 Å². The van der Waals surface area contributed by atoms with Crippen LogP contribution in [0.3, 0.4) is 0 Å². The largest absolute Gasteiger partial charge is 0.360 e. The summed E-state index contributed by atoms with van der Waals surface area (Å²) in [6.45, 7) is 6.32. The van der Waals surface area contributed by atoms with Crippen LogP contribution in [-0.4, -0.2) is 16.1 Å². The van der Waals surface area contributed by atoms with E-state index in [2.05, 4.69) is 29.5 Å². The fourth-order valence-electron chi connectivity index (χ4n) is 1.49. The van der Waals surface area contributed by atoms with E-state index < -0.39 is 0 Å². The van der Waals surface area contributed by atoms with Crippen molar-refractivity contribution >= 4 is 23.1 Å². The molecule has 2 N–H and O–H groups in total. The zero-order valence-corrected chi connectivity index (χ0v) is 10.9. The molecule has 0 aliphatic heterocycles. The molecule has 0 bridgehead atoms. The Kier molecular flexibility index (Phi) is 5.19. The monoisotopic (exact) mass is 237 g/mol. The van der Waals surface area contributed by atoms with Crippen LogP contribution in [-0.2, 0) is 0 Å². The second-order valence-electron chi connectivity index (χ2n) is 4.01. The van der Waals surface area contributed by atoms with Gasteiger partial charge in [-0.1, -0.05) is 13.3 Å². The first-order valence-electron chi connectivity index (χ1n) is 5.62. The SMILES string of the molecule is CCC[C@H](C)NC(=S)Nc1cc(C)ccn1. The number of nitrogens with one attached hydrogen (secondary N) is 2. The van der Waals surface area contributed by atoms with Gasteiger partial charge in [-0.2, -0.15) is 0 Å². The maximum atomic E-state index is 5.21. The zero-order valence-electron chi connectivity index (χ0n) is 10.1. The number of rotatable bonds is 4. The van der Waals surface area contributed by atoms with Gasteiger partial charge in [0, 0.05) is 12.2 Å². The molecule has 1 rings (SSSR count). The lowest BCUT2D eigenvalue weighted by Gasteiger charge is -2.15. The molecular formula is C12H19N3S. The van der Waals surface area contributed by atoms with E-state index in [0.717, 1.165) is 18.7 Å². The smallest absolute Gasteiger partial charge is 0.172 e. The summed E-state index contributed by atoms with van der Waals surface area (Å²) in [5, 5.41) is 6.95. The first-order chi connectivity index (χ1) is 7.61. The lowest BCUT2D eigenvalue weighted by Crippen LogP contribution is -2.35. The Morgan fingerprint density at radius 2 is 2.31 bits per heavy atom. The minimum Gasteiger partial charge on any atom is -0.360 e. The van der Waals surface area contributed by atoms with Gasteiger partial charge in [-0.05, 0) is 50.2 Å². The summed E-state index contributed by atoms with van der Waals surface area (Å²) in [4.78, 5) is 4.19. The van der Waals surface area contributed by atoms with Crippen LogP contribution in [0.15, 0.2) is 18.3 Å². The first-order valence-corrected chi connectivity index (χ1v) is 6.02. The summed E-state index contributed by atoms with van der Waals surface area (Å²) in [7, 11) is 0. The summed E-state index contributed by atoms with van der Waals surface area (Å²) in [5.74, 6) is 0.793. The molecule has 88 valence electrons. The quantitative estimate of drug-likeness (QED) is 0.790. The summed E-state index contributed by atoms with van der Waals surface area (Å²) in [5.41, 5.74) is 1.17. The predicted molar refractivity (Wildman–Crippen MR) is 72.7 cm³/mol. The molecule has 0 saturated heterocycles. The van der Waals surface area contributed by atoms with Crippen LogP contribution in [0, 0.1) is 6.92 Å². The molecule has 1 aromatic rings. The fraction of sp³-hybridized carbons (Fsp3) is 0.500. The van der Waals surface area contributed by atoms with E-state index in [4.69, 9.17) is 12.2 Å². The molecule has 1 atom stereocenters. The Bertz CT molecular complexity index is 352. The van der Waals surface area contributed by atoms with Crippen molar-refractivity contribution in [3.05, 3.63) is 23.9 Å². The molecule has 0 amide bonds. The van der Waals surface area contributed by atoms with Crippen molar-refractivity contribution in [1.82, 2.24) is 10.3 Å². The number of hydrogen-bond acceptors (Lipinski definition) is 2. The van der Waals surface area contributed by atoms with Crippen LogP contribution >= 0.6 is 12.2 Å². The number of thiocarbonyl (C=S) groups is 1. The Morgan fingerprint density at radius 3 is 2.94 bits per heavy atom. The van der Waals surface area contributed by atoms with Crippen LogP contribution in [0.25, 0.3) is 0 Å². The fourth-order valence-corrected chi connectivity index (χ4v) is 1.79. The lowest BCUT2D eigenvalue weighted by atomic mass is 10.2. The van der Waals surface area contributed by atoms with Gasteiger partial charge in [0.05, 0.1) is 0 Å². The van der Waals surface area contributed by atoms with Gasteiger partial charge in [0.25, 0.3) is 0 Å². The van der Waals surface area contributed by atoms with Gasteiger partial charge < -0.3 is 10.6 Å². The van der Waals surface area contributed by atoms with Crippen molar-refractivity contribution < 1.29 is 0 Å². The van der Waals surface area contributed by atoms with Crippen LogP contribution in [0.2, 0.25) is 0 Å². The summed E-state index contributed by atoms with van der Waals surface area (Å²) in [6.07, 6.45) is 4.04. The molecule has 0 spiro atoms. The van der Waals surface area contributed by atoms with E-state index in [-0.39, 0.29) is 0 Å². The zero-order chi connectivity index (χ0) is 12.0. The van der Waals surface area contributed by atoms with Crippen LogP contribution in [0.1, 0.15) is 32.3 Å². The number of anilines is 1. The summed E-state index contributed by atoms with van der Waals surface area (Å²) < 4.78 is 0. The molecule has 1 heterocycles. The molecule has 1 aromatic heterocycles. The first kappa shape index (κ1) is 12.9. The number of nitrogens with zero attached hydrogens (tertiary/aromatic N) is 1. The maximum Gasteiger partial charge on any atom is 0.172 e. The third kappa shape index (κ3) is 4.57. The van der Waals surface area contributed by atoms with E-state index in [1.807, 2.05) is 19.1 Å². The van der Waals surface area contributed by atoms with Gasteiger partial charge in [0.2, 0.25) is 0 Å². The molecule has 0 radical (unpaired) electrons. The van der Waals surface area contributed by atoms with E-state index in [1.165, 1.54) is 5.56 Å². The average molecular weight is 237 g/mol. The molecule has 0 aliphatic rings. The van der Waals surface area contributed by atoms with Gasteiger partial charge in [0.15, 0.2) is 5.11 Å². The van der Waals surface area contributed by atoms with Crippen LogP contribution in [0.5, 0.6) is 0 Å². The standard InChI is InChI=1S/C12H19N3S/c1-4-5-10(3)14-12(16)15-11-8-9(2)6-7-13-11/h6-8,10H,4-5H2,1-3H3,(H2,13,14,15,16)/t10-/m0/s1. The second-order valence-corrected chi connectivity index (χ2v) is 4.41. The molecule has 0 fully saturated rings. The molecule has 0 aliphatic carbocycles. The Morgan fingerprint density at radius 1 is 1.56 bits per heavy atom. The van der Waals surface area contributed by atoms with E-state index in [1.54, 1.807) is 6.20 Å². The van der Waals surface area contributed by atoms with Gasteiger partial charge in [-0.25, -0.2) is 4.98 Å². The van der Waals surface area contributed by atoms with Gasteiger partial charge in [-0.15, -0.1) is 0 Å². The van der Waals surface area contributed by atoms with E-state index in [9.17, 15) is 0 Å². The highest BCUT2D eigenvalue weighted by atomic mass is 32.1. The third-order valence-corrected chi connectivity index (χ3v) is 2.48. The maximum absolute atomic E-state index is 5.21. The molecule has 0 unspecified atom stereocenters. The number of aromatic nitrogens is 1. The highest BCUT2D eigenvalue weighted by Crippen LogP contribution is 2.05. The lowest BCUT2D eigenvalue weighted by molar-refractivity contribution is 0.599. The Labute approximate surface area is 103 Å². The normalized spacial score (nSPS) is 11.9. The van der Waals surface area contributed by atoms with Crippen molar-refractivity contribution in [2.75, 3.05) is 5.32 Å². The van der Waals surface area contributed by atoms with Crippen LogP contribution < -0.4 is 10.6 Å². The highest BCUT2D eigenvalue weighted by Gasteiger charge is 2.03. The topological polar surface area (TPSA) is 37.0 Å². The molecular weight excluding hydrogens is 218 g/mol. The molecule has 0 saturated carbocycles. The minimum absolute atomic E-state index is 0.398. The highest BCUT2D eigenvalue weighted by molar-refractivity contribution is 7.80. The third-order valence-electron chi connectivity index (χ3n) is 2.26. The minimum atomic E-state index is 0.398. The van der Waals surface area contributed by atoms with Gasteiger partial charge in [-0.3, -0.25) is 0 Å². The molecule has 3 nitrogen and oxygen atoms in total. The number of hydrogen-bond donors (Lipinski definition) is 2. The van der Waals surface area contributed by atoms with Crippen molar-refractivity contribution in [2.24, 2.45) is 0 Å². The van der Waals surface area contributed by atoms with Gasteiger partial charge >= 0.3 is 0 Å². The van der Waals surface area contributed by atoms with E-state index >= 15 is 0 Å². The van der Waals surface area contributed by atoms with Crippen molar-refractivity contribution in [3.8, 4) is 0 Å². The van der Waals surface area contributed by atoms with Crippen molar-refractivity contribution in [2.45, 2.75) is 39.7 Å². The number of pyridine rings is 1. The molecule has 0 aromatic carbocycles. The molecule has 16 heavy (non-hydrogen) atoms. The average Bonchev–Trinajstić information content (AvgIpc) is 2.17. The number of aryl methyl sites for hydroxylation is 1. The molecule has 4 heteroatoms. The van der Waals surface area contributed by atoms with E-state index in [0.29, 0.717) is 11.2 Å². The Balaban J connectivity index is 2.45. The predicted octanol–water partition coefficient (Wildman–Crippen LogP) is 2.87. The van der Waals surface area contributed by atoms with Crippen LogP contribution in [0.4, 0.5) is 5.82 Å². The Hall–Kier alpha value is -1.16. The summed E-state index contributed by atoms with van der Waals surface area (Å²) >= 11 is 5.21. The second kappa shape index (κ2) is 6.43. The summed E-state index contributed by atoms with van der Waals surface area (Å²) in [6, 6.07) is 4.33. The van der Waals surface area contributed by atoms with Crippen molar-refractivity contribution in [3.63, 3.8) is 0 Å².